The highest BCUT2D eigenvalue weighted by Gasteiger charge is 2.33. The summed E-state index contributed by atoms with van der Waals surface area (Å²) >= 11 is 1.88. The van der Waals surface area contributed by atoms with Crippen molar-refractivity contribution in [3.8, 4) is 5.69 Å². The Morgan fingerprint density at radius 1 is 1.29 bits per heavy atom. The Morgan fingerprint density at radius 2 is 2.00 bits per heavy atom. The van der Waals surface area contributed by atoms with Crippen molar-refractivity contribution in [1.29, 1.82) is 0 Å². The van der Waals surface area contributed by atoms with Gasteiger partial charge in [0, 0.05) is 26.0 Å². The molecule has 0 radical (unpaired) electrons. The molecular formula is C16H21N3O3S2. The molecule has 1 aromatic heterocycles. The minimum absolute atomic E-state index is 0.245. The topological polar surface area (TPSA) is 73.2 Å². The summed E-state index contributed by atoms with van der Waals surface area (Å²) in [6, 6.07) is 8.49. The third kappa shape index (κ3) is 3.83. The minimum Gasteiger partial charge on any atom is -0.377 e. The fourth-order valence-electron chi connectivity index (χ4n) is 2.71. The molecular weight excluding hydrogens is 346 g/mol. The number of ether oxygens (including phenoxy) is 1. The van der Waals surface area contributed by atoms with Crippen LogP contribution in [-0.2, 0) is 14.8 Å². The SMILES string of the molecule is COC1(CNS(=O)(=O)c2ccc(-n3cccn3)cc2)CCSCC1. The van der Waals surface area contributed by atoms with E-state index in [1.54, 1.807) is 42.3 Å². The number of aromatic nitrogens is 2. The van der Waals surface area contributed by atoms with Crippen LogP contribution < -0.4 is 4.72 Å². The lowest BCUT2D eigenvalue weighted by Crippen LogP contribution is -2.46. The van der Waals surface area contributed by atoms with Gasteiger partial charge in [-0.25, -0.2) is 17.8 Å². The normalized spacial score (nSPS) is 17.7. The Labute approximate surface area is 146 Å². The van der Waals surface area contributed by atoms with Crippen molar-refractivity contribution in [3.05, 3.63) is 42.7 Å². The zero-order chi connectivity index (χ0) is 17.0. The van der Waals surface area contributed by atoms with Gasteiger partial charge in [0.05, 0.1) is 16.2 Å². The highest BCUT2D eigenvalue weighted by atomic mass is 32.2. The molecule has 1 fully saturated rings. The standard InChI is InChI=1S/C16H21N3O3S2/c1-22-16(7-11-23-12-8-16)13-18-24(20,21)15-5-3-14(4-6-15)19-10-2-9-17-19/h2-6,9-10,18H,7-8,11-13H2,1H3. The first kappa shape index (κ1) is 17.5. The van der Waals surface area contributed by atoms with E-state index in [0.717, 1.165) is 30.0 Å². The van der Waals surface area contributed by atoms with E-state index < -0.39 is 15.6 Å². The van der Waals surface area contributed by atoms with Gasteiger partial charge in [-0.05, 0) is 54.7 Å². The van der Waals surface area contributed by atoms with Crippen molar-refractivity contribution in [1.82, 2.24) is 14.5 Å². The van der Waals surface area contributed by atoms with Crippen LogP contribution in [-0.4, -0.2) is 49.0 Å². The van der Waals surface area contributed by atoms with Gasteiger partial charge >= 0.3 is 0 Å². The van der Waals surface area contributed by atoms with Gasteiger partial charge in [0.15, 0.2) is 0 Å². The zero-order valence-corrected chi connectivity index (χ0v) is 15.1. The van der Waals surface area contributed by atoms with Crippen LogP contribution in [0, 0.1) is 0 Å². The van der Waals surface area contributed by atoms with Gasteiger partial charge in [0.2, 0.25) is 10.0 Å². The summed E-state index contributed by atoms with van der Waals surface area (Å²) in [5.74, 6) is 1.99. The Kier molecular flexibility index (Phi) is 5.29. The molecule has 130 valence electrons. The van der Waals surface area contributed by atoms with E-state index in [0.29, 0.717) is 6.54 Å². The summed E-state index contributed by atoms with van der Waals surface area (Å²) in [6.07, 6.45) is 5.20. The summed E-state index contributed by atoms with van der Waals surface area (Å²) in [7, 11) is -1.90. The Balaban J connectivity index is 1.71. The van der Waals surface area contributed by atoms with Crippen LogP contribution in [0.5, 0.6) is 0 Å². The van der Waals surface area contributed by atoms with Crippen molar-refractivity contribution in [3.63, 3.8) is 0 Å². The lowest BCUT2D eigenvalue weighted by Gasteiger charge is -2.35. The predicted molar refractivity (Wildman–Crippen MR) is 95.1 cm³/mol. The number of thioether (sulfide) groups is 1. The van der Waals surface area contributed by atoms with Crippen molar-refractivity contribution < 1.29 is 13.2 Å². The fraction of sp³-hybridized carbons (Fsp3) is 0.438. The number of benzene rings is 1. The van der Waals surface area contributed by atoms with Gasteiger partial charge in [-0.3, -0.25) is 0 Å². The lowest BCUT2D eigenvalue weighted by atomic mass is 9.97. The second kappa shape index (κ2) is 7.26. The Bertz CT molecular complexity index is 752. The maximum Gasteiger partial charge on any atom is 0.240 e. The first-order valence-electron chi connectivity index (χ1n) is 7.77. The number of hydrogen-bond donors (Lipinski definition) is 1. The van der Waals surface area contributed by atoms with Crippen LogP contribution in [0.1, 0.15) is 12.8 Å². The molecule has 6 nitrogen and oxygen atoms in total. The predicted octanol–water partition coefficient (Wildman–Crippen LogP) is 2.06. The average molecular weight is 367 g/mol. The van der Waals surface area contributed by atoms with Gasteiger partial charge in [0.25, 0.3) is 0 Å². The highest BCUT2D eigenvalue weighted by molar-refractivity contribution is 7.99. The monoisotopic (exact) mass is 367 g/mol. The maximum absolute atomic E-state index is 12.5. The smallest absolute Gasteiger partial charge is 0.240 e. The quantitative estimate of drug-likeness (QED) is 0.846. The van der Waals surface area contributed by atoms with E-state index in [1.165, 1.54) is 0 Å². The molecule has 1 aliphatic rings. The van der Waals surface area contributed by atoms with Crippen LogP contribution in [0.25, 0.3) is 5.69 Å². The molecule has 0 bridgehead atoms. The van der Waals surface area contributed by atoms with Crippen LogP contribution in [0.2, 0.25) is 0 Å². The summed E-state index contributed by atoms with van der Waals surface area (Å²) in [5, 5.41) is 4.13. The molecule has 24 heavy (non-hydrogen) atoms. The number of sulfonamides is 1. The highest BCUT2D eigenvalue weighted by Crippen LogP contribution is 2.29. The van der Waals surface area contributed by atoms with Gasteiger partial charge in [-0.2, -0.15) is 16.9 Å². The summed E-state index contributed by atoms with van der Waals surface area (Å²) in [6.45, 7) is 0.299. The molecule has 0 unspecified atom stereocenters. The molecule has 2 aromatic rings. The second-order valence-electron chi connectivity index (χ2n) is 5.77. The van der Waals surface area contributed by atoms with Crippen molar-refractivity contribution in [2.45, 2.75) is 23.3 Å². The minimum atomic E-state index is -3.56. The zero-order valence-electron chi connectivity index (χ0n) is 13.5. The largest absolute Gasteiger partial charge is 0.377 e. The number of rotatable bonds is 6. The first-order valence-corrected chi connectivity index (χ1v) is 10.4. The summed E-state index contributed by atoms with van der Waals surface area (Å²) < 4.78 is 35.1. The van der Waals surface area contributed by atoms with Gasteiger partial charge < -0.3 is 4.74 Å². The van der Waals surface area contributed by atoms with Crippen LogP contribution in [0.15, 0.2) is 47.6 Å². The molecule has 1 N–H and O–H groups in total. The maximum atomic E-state index is 12.5. The van der Waals surface area contributed by atoms with Gasteiger partial charge in [-0.1, -0.05) is 0 Å². The molecule has 0 amide bonds. The summed E-state index contributed by atoms with van der Waals surface area (Å²) in [5.41, 5.74) is 0.421. The second-order valence-corrected chi connectivity index (χ2v) is 8.76. The van der Waals surface area contributed by atoms with Crippen LogP contribution >= 0.6 is 11.8 Å². The first-order chi connectivity index (χ1) is 11.5. The molecule has 1 saturated heterocycles. The molecule has 3 rings (SSSR count). The Morgan fingerprint density at radius 3 is 2.58 bits per heavy atom. The van der Waals surface area contributed by atoms with Crippen molar-refractivity contribution in [2.75, 3.05) is 25.2 Å². The third-order valence-electron chi connectivity index (χ3n) is 4.34. The summed E-state index contributed by atoms with van der Waals surface area (Å²) in [4.78, 5) is 0.245. The molecule has 0 saturated carbocycles. The molecule has 8 heteroatoms. The molecule has 1 aromatic carbocycles. The molecule has 1 aliphatic heterocycles. The average Bonchev–Trinajstić information content (AvgIpc) is 3.16. The molecule has 0 atom stereocenters. The van der Waals surface area contributed by atoms with E-state index >= 15 is 0 Å². The van der Waals surface area contributed by atoms with Crippen LogP contribution in [0.3, 0.4) is 0 Å². The van der Waals surface area contributed by atoms with E-state index in [2.05, 4.69) is 9.82 Å². The molecule has 2 heterocycles. The number of hydrogen-bond acceptors (Lipinski definition) is 5. The van der Waals surface area contributed by atoms with Gasteiger partial charge in [-0.15, -0.1) is 0 Å². The van der Waals surface area contributed by atoms with E-state index in [4.69, 9.17) is 4.74 Å². The number of nitrogens with one attached hydrogen (secondary N) is 1. The van der Waals surface area contributed by atoms with Crippen LogP contribution in [0.4, 0.5) is 0 Å². The van der Waals surface area contributed by atoms with Crippen molar-refractivity contribution in [2.24, 2.45) is 0 Å². The lowest BCUT2D eigenvalue weighted by molar-refractivity contribution is -0.0119. The number of nitrogens with zero attached hydrogens (tertiary/aromatic N) is 2. The van der Waals surface area contributed by atoms with Gasteiger partial charge in [0.1, 0.15) is 0 Å². The van der Waals surface area contributed by atoms with E-state index in [1.807, 2.05) is 24.0 Å². The molecule has 0 spiro atoms. The van der Waals surface area contributed by atoms with E-state index in [9.17, 15) is 8.42 Å². The van der Waals surface area contributed by atoms with E-state index in [-0.39, 0.29) is 4.90 Å². The number of methoxy groups -OCH3 is 1. The third-order valence-corrected chi connectivity index (χ3v) is 6.74. The van der Waals surface area contributed by atoms with Crippen molar-refractivity contribution >= 4 is 21.8 Å². The fourth-order valence-corrected chi connectivity index (χ4v) is 5.06. The molecule has 0 aliphatic carbocycles. The Hall–Kier alpha value is -1.35.